The molecule has 4 heteroatoms. The Labute approximate surface area is 92.3 Å². The van der Waals surface area contributed by atoms with Gasteiger partial charge < -0.3 is 5.73 Å². The van der Waals surface area contributed by atoms with Crippen LogP contribution in [-0.4, -0.2) is 15.0 Å². The van der Waals surface area contributed by atoms with E-state index in [1.54, 1.807) is 10.9 Å². The maximum absolute atomic E-state index is 5.80. The molecule has 0 amide bonds. The van der Waals surface area contributed by atoms with Gasteiger partial charge in [0, 0.05) is 5.39 Å². The van der Waals surface area contributed by atoms with E-state index in [-0.39, 0.29) is 0 Å². The zero-order chi connectivity index (χ0) is 11.0. The molecule has 0 saturated carbocycles. The van der Waals surface area contributed by atoms with Crippen molar-refractivity contribution in [3.05, 3.63) is 48.7 Å². The quantitative estimate of drug-likeness (QED) is 0.668. The number of hydrogen-bond acceptors (Lipinski definition) is 3. The summed E-state index contributed by atoms with van der Waals surface area (Å²) in [5.74, 6) is 0.538. The normalized spacial score (nSPS) is 10.8. The van der Waals surface area contributed by atoms with Gasteiger partial charge in [-0.1, -0.05) is 41.6 Å². The van der Waals surface area contributed by atoms with E-state index in [0.717, 1.165) is 16.5 Å². The van der Waals surface area contributed by atoms with Gasteiger partial charge in [0.1, 0.15) is 5.82 Å². The van der Waals surface area contributed by atoms with E-state index in [1.165, 1.54) is 0 Å². The summed E-state index contributed by atoms with van der Waals surface area (Å²) in [4.78, 5) is 0. The number of hydrogen-bond donors (Lipinski definition) is 1. The van der Waals surface area contributed by atoms with Crippen LogP contribution in [-0.2, 0) is 0 Å². The first kappa shape index (κ1) is 8.91. The van der Waals surface area contributed by atoms with E-state index in [1.807, 2.05) is 30.3 Å². The predicted octanol–water partition coefficient (Wildman–Crippen LogP) is 2.00. The summed E-state index contributed by atoms with van der Waals surface area (Å²) < 4.78 is 1.64. The molecule has 3 aromatic rings. The molecule has 0 spiro atoms. The van der Waals surface area contributed by atoms with Crippen LogP contribution < -0.4 is 5.73 Å². The number of aromatic nitrogens is 3. The highest BCUT2D eigenvalue weighted by molar-refractivity contribution is 5.90. The molecule has 0 aliphatic carbocycles. The summed E-state index contributed by atoms with van der Waals surface area (Å²) in [5.41, 5.74) is 6.75. The maximum atomic E-state index is 5.80. The summed E-state index contributed by atoms with van der Waals surface area (Å²) in [6.45, 7) is 0. The molecule has 1 heterocycles. The molecular formula is C12H10N4. The molecule has 16 heavy (non-hydrogen) atoms. The van der Waals surface area contributed by atoms with Crippen molar-refractivity contribution in [1.29, 1.82) is 0 Å². The van der Waals surface area contributed by atoms with Crippen LogP contribution in [0.25, 0.3) is 16.5 Å². The fraction of sp³-hybridized carbons (Fsp3) is 0. The molecule has 2 aromatic carbocycles. The molecule has 0 aliphatic rings. The van der Waals surface area contributed by atoms with Crippen molar-refractivity contribution in [2.45, 2.75) is 0 Å². The van der Waals surface area contributed by atoms with Gasteiger partial charge in [-0.3, -0.25) is 0 Å². The first-order chi connectivity index (χ1) is 7.86. The van der Waals surface area contributed by atoms with E-state index in [0.29, 0.717) is 5.82 Å². The second kappa shape index (κ2) is 3.34. The second-order valence-electron chi connectivity index (χ2n) is 3.57. The summed E-state index contributed by atoms with van der Waals surface area (Å²) in [5, 5.41) is 10.0. The SMILES string of the molecule is Nc1cnnn1-c1cccc2ccccc12. The minimum Gasteiger partial charge on any atom is -0.382 e. The fourth-order valence-electron chi connectivity index (χ4n) is 1.82. The van der Waals surface area contributed by atoms with Gasteiger partial charge in [-0.2, -0.15) is 4.68 Å². The van der Waals surface area contributed by atoms with Crippen LogP contribution in [0.2, 0.25) is 0 Å². The topological polar surface area (TPSA) is 56.7 Å². The molecule has 3 rings (SSSR count). The molecule has 78 valence electrons. The Morgan fingerprint density at radius 2 is 1.81 bits per heavy atom. The highest BCUT2D eigenvalue weighted by Crippen LogP contribution is 2.22. The van der Waals surface area contributed by atoms with Crippen LogP contribution in [0.5, 0.6) is 0 Å². The number of fused-ring (bicyclic) bond motifs is 1. The molecule has 0 unspecified atom stereocenters. The number of anilines is 1. The Hall–Kier alpha value is -2.36. The zero-order valence-electron chi connectivity index (χ0n) is 8.54. The number of nitrogens with two attached hydrogens (primary N) is 1. The van der Waals surface area contributed by atoms with Gasteiger partial charge in [-0.25, -0.2) is 0 Å². The Balaban J connectivity index is 2.36. The van der Waals surface area contributed by atoms with Crippen molar-refractivity contribution in [2.75, 3.05) is 5.73 Å². The first-order valence-corrected chi connectivity index (χ1v) is 5.00. The largest absolute Gasteiger partial charge is 0.382 e. The molecular weight excluding hydrogens is 200 g/mol. The Kier molecular flexibility index (Phi) is 1.86. The lowest BCUT2D eigenvalue weighted by molar-refractivity contribution is 0.814. The third kappa shape index (κ3) is 1.24. The molecule has 0 bridgehead atoms. The van der Waals surface area contributed by atoms with Crippen LogP contribution in [0.4, 0.5) is 5.82 Å². The van der Waals surface area contributed by atoms with Gasteiger partial charge in [0.15, 0.2) is 0 Å². The summed E-state index contributed by atoms with van der Waals surface area (Å²) in [7, 11) is 0. The maximum Gasteiger partial charge on any atom is 0.147 e. The number of benzene rings is 2. The first-order valence-electron chi connectivity index (χ1n) is 5.00. The Morgan fingerprint density at radius 1 is 1.00 bits per heavy atom. The van der Waals surface area contributed by atoms with Crippen LogP contribution in [0.15, 0.2) is 48.7 Å². The smallest absolute Gasteiger partial charge is 0.147 e. The lowest BCUT2D eigenvalue weighted by Gasteiger charge is -2.06. The predicted molar refractivity (Wildman–Crippen MR) is 63.3 cm³/mol. The molecule has 0 fully saturated rings. The fourth-order valence-corrected chi connectivity index (χ4v) is 1.82. The van der Waals surface area contributed by atoms with E-state index < -0.39 is 0 Å². The molecule has 0 radical (unpaired) electrons. The van der Waals surface area contributed by atoms with Crippen molar-refractivity contribution in [3.63, 3.8) is 0 Å². The van der Waals surface area contributed by atoms with E-state index >= 15 is 0 Å². The Morgan fingerprint density at radius 3 is 2.62 bits per heavy atom. The standard InChI is InChI=1S/C12H10N4/c13-12-8-14-15-16(12)11-7-3-5-9-4-1-2-6-10(9)11/h1-8H,13H2. The van der Waals surface area contributed by atoms with Crippen molar-refractivity contribution < 1.29 is 0 Å². The van der Waals surface area contributed by atoms with E-state index in [9.17, 15) is 0 Å². The monoisotopic (exact) mass is 210 g/mol. The molecule has 1 aromatic heterocycles. The van der Waals surface area contributed by atoms with Gasteiger partial charge in [-0.15, -0.1) is 5.10 Å². The van der Waals surface area contributed by atoms with Crippen LogP contribution in [0.1, 0.15) is 0 Å². The van der Waals surface area contributed by atoms with Gasteiger partial charge in [0.05, 0.1) is 11.9 Å². The zero-order valence-corrected chi connectivity index (χ0v) is 8.54. The Bertz CT molecular complexity index is 637. The highest BCUT2D eigenvalue weighted by atomic mass is 15.4. The average Bonchev–Trinajstić information content (AvgIpc) is 2.75. The number of rotatable bonds is 1. The average molecular weight is 210 g/mol. The third-order valence-corrected chi connectivity index (χ3v) is 2.57. The highest BCUT2D eigenvalue weighted by Gasteiger charge is 2.05. The van der Waals surface area contributed by atoms with Gasteiger partial charge in [0.2, 0.25) is 0 Å². The van der Waals surface area contributed by atoms with Crippen molar-refractivity contribution in [3.8, 4) is 5.69 Å². The van der Waals surface area contributed by atoms with Crippen LogP contribution >= 0.6 is 0 Å². The third-order valence-electron chi connectivity index (χ3n) is 2.57. The lowest BCUT2D eigenvalue weighted by Crippen LogP contribution is -2.02. The van der Waals surface area contributed by atoms with Crippen molar-refractivity contribution in [2.24, 2.45) is 0 Å². The molecule has 4 nitrogen and oxygen atoms in total. The molecule has 0 atom stereocenters. The minimum absolute atomic E-state index is 0.538. The van der Waals surface area contributed by atoms with Crippen LogP contribution in [0, 0.1) is 0 Å². The van der Waals surface area contributed by atoms with E-state index in [4.69, 9.17) is 5.73 Å². The van der Waals surface area contributed by atoms with Gasteiger partial charge >= 0.3 is 0 Å². The van der Waals surface area contributed by atoms with Gasteiger partial charge in [-0.05, 0) is 11.5 Å². The summed E-state index contributed by atoms with van der Waals surface area (Å²) in [6, 6.07) is 14.1. The second-order valence-corrected chi connectivity index (χ2v) is 3.57. The number of nitrogen functional groups attached to an aromatic ring is 1. The molecule has 2 N–H and O–H groups in total. The lowest BCUT2D eigenvalue weighted by atomic mass is 10.1. The van der Waals surface area contributed by atoms with Crippen molar-refractivity contribution >= 4 is 16.6 Å². The van der Waals surface area contributed by atoms with E-state index in [2.05, 4.69) is 22.4 Å². The summed E-state index contributed by atoms with van der Waals surface area (Å²) in [6.07, 6.45) is 1.54. The molecule has 0 saturated heterocycles. The van der Waals surface area contributed by atoms with Crippen molar-refractivity contribution in [1.82, 2.24) is 15.0 Å². The molecule has 0 aliphatic heterocycles. The minimum atomic E-state index is 0.538. The van der Waals surface area contributed by atoms with Crippen LogP contribution in [0.3, 0.4) is 0 Å². The number of nitrogens with zero attached hydrogens (tertiary/aromatic N) is 3. The summed E-state index contributed by atoms with van der Waals surface area (Å²) >= 11 is 0. The van der Waals surface area contributed by atoms with Gasteiger partial charge in [0.25, 0.3) is 0 Å².